The summed E-state index contributed by atoms with van der Waals surface area (Å²) in [5.74, 6) is 0. The largest absolute Gasteiger partial charge is 0.374 e. The Kier molecular flexibility index (Phi) is 3.92. The predicted octanol–water partition coefficient (Wildman–Crippen LogP) is 3.91. The number of ether oxygens (including phenoxy) is 1. The Hall–Kier alpha value is -0.820. The highest BCUT2D eigenvalue weighted by molar-refractivity contribution is 5.27. The van der Waals surface area contributed by atoms with Gasteiger partial charge in [-0.1, -0.05) is 45.0 Å². The fourth-order valence-corrected chi connectivity index (χ4v) is 1.36. The standard InChI is InChI=1S/C14H22O/c1-11(2)15-10-12-6-8-13(9-7-12)14(3,4)5/h6-9,11H,10H2,1-5H3. The lowest BCUT2D eigenvalue weighted by Gasteiger charge is -2.19. The molecule has 0 spiro atoms. The van der Waals surface area contributed by atoms with Gasteiger partial charge in [0.05, 0.1) is 12.7 Å². The molecular weight excluding hydrogens is 184 g/mol. The normalized spacial score (nSPS) is 12.1. The molecule has 0 amide bonds. The maximum atomic E-state index is 5.55. The van der Waals surface area contributed by atoms with E-state index in [2.05, 4.69) is 58.9 Å². The summed E-state index contributed by atoms with van der Waals surface area (Å²) >= 11 is 0. The van der Waals surface area contributed by atoms with Gasteiger partial charge in [0.25, 0.3) is 0 Å². The predicted molar refractivity (Wildman–Crippen MR) is 65.1 cm³/mol. The SMILES string of the molecule is CC(C)OCc1ccc(C(C)(C)C)cc1. The van der Waals surface area contributed by atoms with E-state index in [0.29, 0.717) is 12.7 Å². The molecular formula is C14H22O. The Morgan fingerprint density at radius 2 is 1.60 bits per heavy atom. The molecule has 0 atom stereocenters. The third-order valence-corrected chi connectivity index (χ3v) is 2.40. The van der Waals surface area contributed by atoms with Gasteiger partial charge < -0.3 is 4.74 Å². The van der Waals surface area contributed by atoms with Gasteiger partial charge in [-0.15, -0.1) is 0 Å². The minimum absolute atomic E-state index is 0.234. The molecule has 0 fully saturated rings. The zero-order chi connectivity index (χ0) is 11.5. The highest BCUT2D eigenvalue weighted by Crippen LogP contribution is 2.22. The highest BCUT2D eigenvalue weighted by atomic mass is 16.5. The Morgan fingerprint density at radius 1 is 1.07 bits per heavy atom. The van der Waals surface area contributed by atoms with E-state index in [4.69, 9.17) is 4.74 Å². The first-order valence-electron chi connectivity index (χ1n) is 5.60. The summed E-state index contributed by atoms with van der Waals surface area (Å²) in [4.78, 5) is 0. The van der Waals surface area contributed by atoms with Crippen molar-refractivity contribution < 1.29 is 4.74 Å². The highest BCUT2D eigenvalue weighted by Gasteiger charge is 2.12. The van der Waals surface area contributed by atoms with Gasteiger partial charge >= 0.3 is 0 Å². The molecule has 0 aliphatic rings. The third kappa shape index (κ3) is 4.05. The van der Waals surface area contributed by atoms with Crippen LogP contribution < -0.4 is 0 Å². The Balaban J connectivity index is 2.65. The second-order valence-electron chi connectivity index (χ2n) is 5.31. The summed E-state index contributed by atoms with van der Waals surface area (Å²) in [6, 6.07) is 8.70. The first-order valence-corrected chi connectivity index (χ1v) is 5.60. The van der Waals surface area contributed by atoms with Crippen LogP contribution in [-0.2, 0) is 16.8 Å². The van der Waals surface area contributed by atoms with Crippen LogP contribution in [0.1, 0.15) is 45.7 Å². The summed E-state index contributed by atoms with van der Waals surface area (Å²) in [7, 11) is 0. The monoisotopic (exact) mass is 206 g/mol. The quantitative estimate of drug-likeness (QED) is 0.728. The molecule has 0 unspecified atom stereocenters. The third-order valence-electron chi connectivity index (χ3n) is 2.40. The fourth-order valence-electron chi connectivity index (χ4n) is 1.36. The first-order chi connectivity index (χ1) is 6.89. The van der Waals surface area contributed by atoms with Gasteiger partial charge in [0, 0.05) is 0 Å². The van der Waals surface area contributed by atoms with Gasteiger partial charge in [0.15, 0.2) is 0 Å². The molecule has 84 valence electrons. The van der Waals surface area contributed by atoms with Crippen molar-refractivity contribution in [2.24, 2.45) is 0 Å². The van der Waals surface area contributed by atoms with Gasteiger partial charge in [0.2, 0.25) is 0 Å². The van der Waals surface area contributed by atoms with E-state index in [1.165, 1.54) is 11.1 Å². The van der Waals surface area contributed by atoms with Crippen molar-refractivity contribution in [1.82, 2.24) is 0 Å². The molecule has 0 N–H and O–H groups in total. The van der Waals surface area contributed by atoms with Crippen LogP contribution in [0.3, 0.4) is 0 Å². The van der Waals surface area contributed by atoms with Crippen LogP contribution in [0, 0.1) is 0 Å². The Labute approximate surface area is 93.5 Å². The van der Waals surface area contributed by atoms with E-state index in [1.54, 1.807) is 0 Å². The minimum Gasteiger partial charge on any atom is -0.374 e. The van der Waals surface area contributed by atoms with Gasteiger partial charge in [-0.25, -0.2) is 0 Å². The second kappa shape index (κ2) is 4.80. The van der Waals surface area contributed by atoms with Crippen LogP contribution in [-0.4, -0.2) is 6.10 Å². The minimum atomic E-state index is 0.234. The number of benzene rings is 1. The van der Waals surface area contributed by atoms with Gasteiger partial charge in [-0.3, -0.25) is 0 Å². The molecule has 0 bridgehead atoms. The van der Waals surface area contributed by atoms with E-state index >= 15 is 0 Å². The van der Waals surface area contributed by atoms with Crippen molar-refractivity contribution in [3.8, 4) is 0 Å². The summed E-state index contributed by atoms with van der Waals surface area (Å²) in [5, 5.41) is 0. The smallest absolute Gasteiger partial charge is 0.0720 e. The summed E-state index contributed by atoms with van der Waals surface area (Å²) < 4.78 is 5.55. The van der Waals surface area contributed by atoms with Crippen LogP contribution in [0.15, 0.2) is 24.3 Å². The topological polar surface area (TPSA) is 9.23 Å². The summed E-state index contributed by atoms with van der Waals surface area (Å²) in [6.45, 7) is 11.5. The Morgan fingerprint density at radius 3 is 2.00 bits per heavy atom. The van der Waals surface area contributed by atoms with Crippen molar-refractivity contribution in [1.29, 1.82) is 0 Å². The zero-order valence-corrected chi connectivity index (χ0v) is 10.5. The maximum Gasteiger partial charge on any atom is 0.0720 e. The van der Waals surface area contributed by atoms with Crippen molar-refractivity contribution in [2.75, 3.05) is 0 Å². The van der Waals surface area contributed by atoms with E-state index < -0.39 is 0 Å². The van der Waals surface area contributed by atoms with Crippen LogP contribution >= 0.6 is 0 Å². The molecule has 1 aromatic carbocycles. The van der Waals surface area contributed by atoms with Crippen molar-refractivity contribution in [2.45, 2.75) is 52.7 Å². The first kappa shape index (κ1) is 12.3. The number of hydrogen-bond acceptors (Lipinski definition) is 1. The molecule has 1 heteroatoms. The molecule has 0 radical (unpaired) electrons. The van der Waals surface area contributed by atoms with E-state index in [-0.39, 0.29) is 5.41 Å². The fraction of sp³-hybridized carbons (Fsp3) is 0.571. The molecule has 0 aliphatic heterocycles. The van der Waals surface area contributed by atoms with Gasteiger partial charge in [0.1, 0.15) is 0 Å². The van der Waals surface area contributed by atoms with Gasteiger partial charge in [-0.2, -0.15) is 0 Å². The van der Waals surface area contributed by atoms with Crippen LogP contribution in [0.25, 0.3) is 0 Å². The Bertz CT molecular complexity index is 290. The maximum absolute atomic E-state index is 5.55. The number of hydrogen-bond donors (Lipinski definition) is 0. The van der Waals surface area contributed by atoms with E-state index in [1.807, 2.05) is 0 Å². The molecule has 1 aromatic rings. The molecule has 15 heavy (non-hydrogen) atoms. The lowest BCUT2D eigenvalue weighted by atomic mass is 9.87. The molecule has 0 saturated carbocycles. The molecule has 1 nitrogen and oxygen atoms in total. The molecule has 1 rings (SSSR count). The average molecular weight is 206 g/mol. The second-order valence-corrected chi connectivity index (χ2v) is 5.31. The summed E-state index contributed by atoms with van der Waals surface area (Å²) in [6.07, 6.45) is 0.298. The lowest BCUT2D eigenvalue weighted by Crippen LogP contribution is -2.11. The molecule has 0 aliphatic carbocycles. The lowest BCUT2D eigenvalue weighted by molar-refractivity contribution is 0.0657. The molecule has 0 heterocycles. The molecule has 0 saturated heterocycles. The van der Waals surface area contributed by atoms with Crippen molar-refractivity contribution >= 4 is 0 Å². The van der Waals surface area contributed by atoms with E-state index in [9.17, 15) is 0 Å². The van der Waals surface area contributed by atoms with Crippen molar-refractivity contribution in [3.63, 3.8) is 0 Å². The zero-order valence-electron chi connectivity index (χ0n) is 10.5. The van der Waals surface area contributed by atoms with Crippen LogP contribution in [0.2, 0.25) is 0 Å². The van der Waals surface area contributed by atoms with Crippen molar-refractivity contribution in [3.05, 3.63) is 35.4 Å². The van der Waals surface area contributed by atoms with Crippen LogP contribution in [0.5, 0.6) is 0 Å². The van der Waals surface area contributed by atoms with Crippen LogP contribution in [0.4, 0.5) is 0 Å². The number of rotatable bonds is 3. The molecule has 0 aromatic heterocycles. The van der Waals surface area contributed by atoms with E-state index in [0.717, 1.165) is 0 Å². The average Bonchev–Trinajstić information content (AvgIpc) is 2.14. The van der Waals surface area contributed by atoms with Gasteiger partial charge in [-0.05, 0) is 30.4 Å². The summed E-state index contributed by atoms with van der Waals surface area (Å²) in [5.41, 5.74) is 2.85.